The molecule has 2 N–H and O–H groups in total. The number of hydrogen-bond donors (Lipinski definition) is 2. The summed E-state index contributed by atoms with van der Waals surface area (Å²) in [6.45, 7) is 2.60. The first-order valence-corrected chi connectivity index (χ1v) is 11.3. The highest BCUT2D eigenvalue weighted by Crippen LogP contribution is 2.23. The lowest BCUT2D eigenvalue weighted by molar-refractivity contribution is 0.0767. The van der Waals surface area contributed by atoms with Gasteiger partial charge in [0.05, 0.1) is 22.5 Å². The van der Waals surface area contributed by atoms with Crippen LogP contribution in [-0.4, -0.2) is 48.0 Å². The largest absolute Gasteiger partial charge is 0.355 e. The number of hydrogen-bond acceptors (Lipinski definition) is 4. The van der Waals surface area contributed by atoms with E-state index in [2.05, 4.69) is 20.5 Å². The number of nitrogens with zero attached hydrogens (tertiary/aromatic N) is 3. The predicted molar refractivity (Wildman–Crippen MR) is 133 cm³/mol. The molecular formula is C24H23Cl2N5O2. The molecule has 1 aliphatic heterocycles. The van der Waals surface area contributed by atoms with Gasteiger partial charge in [-0.1, -0.05) is 41.4 Å². The molecule has 1 aliphatic rings. The number of aromatic nitrogens is 1. The van der Waals surface area contributed by atoms with E-state index in [1.54, 1.807) is 29.3 Å². The highest BCUT2D eigenvalue weighted by molar-refractivity contribution is 6.36. The summed E-state index contributed by atoms with van der Waals surface area (Å²) in [6.07, 6.45) is 2.43. The summed E-state index contributed by atoms with van der Waals surface area (Å²) < 4.78 is 0. The molecule has 0 atom stereocenters. The third kappa shape index (κ3) is 5.94. The molecule has 4 rings (SSSR count). The lowest BCUT2D eigenvalue weighted by Gasteiger charge is -2.23. The Morgan fingerprint density at radius 2 is 1.64 bits per heavy atom. The third-order valence-electron chi connectivity index (χ3n) is 5.31. The van der Waals surface area contributed by atoms with Crippen LogP contribution in [0.1, 0.15) is 16.8 Å². The molecule has 1 fully saturated rings. The molecule has 3 amide bonds. The van der Waals surface area contributed by atoms with Crippen molar-refractivity contribution in [3.63, 3.8) is 0 Å². The summed E-state index contributed by atoms with van der Waals surface area (Å²) in [5, 5.41) is 6.40. The lowest BCUT2D eigenvalue weighted by Crippen LogP contribution is -2.35. The quantitative estimate of drug-likeness (QED) is 0.521. The number of pyridine rings is 1. The minimum Gasteiger partial charge on any atom is -0.355 e. The maximum absolute atomic E-state index is 12.9. The van der Waals surface area contributed by atoms with Crippen molar-refractivity contribution < 1.29 is 9.59 Å². The zero-order chi connectivity index (χ0) is 23.2. The summed E-state index contributed by atoms with van der Waals surface area (Å²) in [7, 11) is 0. The van der Waals surface area contributed by atoms with E-state index in [0.717, 1.165) is 18.8 Å². The first kappa shape index (κ1) is 22.9. The van der Waals surface area contributed by atoms with E-state index in [0.29, 0.717) is 46.6 Å². The number of amides is 3. The first-order valence-electron chi connectivity index (χ1n) is 10.6. The van der Waals surface area contributed by atoms with Crippen LogP contribution in [0.5, 0.6) is 0 Å². The zero-order valence-electron chi connectivity index (χ0n) is 17.8. The average Bonchev–Trinajstić information content (AvgIpc) is 3.06. The van der Waals surface area contributed by atoms with E-state index < -0.39 is 0 Å². The third-order valence-corrected chi connectivity index (χ3v) is 5.85. The molecule has 0 saturated carbocycles. The number of nitrogens with one attached hydrogen (secondary N) is 2. The molecule has 1 aromatic heterocycles. The fraction of sp³-hybridized carbons (Fsp3) is 0.208. The van der Waals surface area contributed by atoms with Crippen molar-refractivity contribution in [3.05, 3.63) is 82.5 Å². The molecule has 9 heteroatoms. The summed E-state index contributed by atoms with van der Waals surface area (Å²) in [4.78, 5) is 33.5. The second-order valence-electron chi connectivity index (χ2n) is 7.61. The maximum atomic E-state index is 12.9. The van der Waals surface area contributed by atoms with E-state index >= 15 is 0 Å². The Hall–Kier alpha value is -3.29. The van der Waals surface area contributed by atoms with Gasteiger partial charge in [-0.25, -0.2) is 9.78 Å². The Morgan fingerprint density at radius 3 is 2.36 bits per heavy atom. The van der Waals surface area contributed by atoms with Crippen molar-refractivity contribution in [1.29, 1.82) is 0 Å². The maximum Gasteiger partial charge on any atom is 0.323 e. The van der Waals surface area contributed by atoms with E-state index in [9.17, 15) is 9.59 Å². The number of halogens is 2. The van der Waals surface area contributed by atoms with Crippen LogP contribution in [0.25, 0.3) is 0 Å². The standard InChI is InChI=1S/C24H23Cl2N5O2/c25-17-7-9-20(21(26)15-17)23(32)31-12-4-11-30(13-14-31)22-10-8-19(16-27-22)29-24(33)28-18-5-2-1-3-6-18/h1-3,5-10,15-16H,4,11-14H2,(H2,28,29,33). The van der Waals surface area contributed by atoms with Crippen LogP contribution in [0.2, 0.25) is 10.0 Å². The Bertz CT molecular complexity index is 1130. The highest BCUT2D eigenvalue weighted by atomic mass is 35.5. The highest BCUT2D eigenvalue weighted by Gasteiger charge is 2.22. The van der Waals surface area contributed by atoms with Gasteiger partial charge in [-0.2, -0.15) is 0 Å². The van der Waals surface area contributed by atoms with E-state index in [4.69, 9.17) is 23.2 Å². The monoisotopic (exact) mass is 483 g/mol. The summed E-state index contributed by atoms with van der Waals surface area (Å²) in [5.74, 6) is 0.693. The van der Waals surface area contributed by atoms with Gasteiger partial charge in [0.15, 0.2) is 0 Å². The molecular weight excluding hydrogens is 461 g/mol. The van der Waals surface area contributed by atoms with Crippen LogP contribution in [0, 0.1) is 0 Å². The Kier molecular flexibility index (Phi) is 7.32. The fourth-order valence-electron chi connectivity index (χ4n) is 3.64. The molecule has 7 nitrogen and oxygen atoms in total. The van der Waals surface area contributed by atoms with Crippen LogP contribution in [-0.2, 0) is 0 Å². The van der Waals surface area contributed by atoms with Crippen molar-refractivity contribution in [2.24, 2.45) is 0 Å². The number of carbonyl (C=O) groups excluding carboxylic acids is 2. The van der Waals surface area contributed by atoms with Gasteiger partial charge in [0.2, 0.25) is 0 Å². The van der Waals surface area contributed by atoms with Gasteiger partial charge in [0.25, 0.3) is 5.91 Å². The van der Waals surface area contributed by atoms with E-state index in [1.807, 2.05) is 42.5 Å². The zero-order valence-corrected chi connectivity index (χ0v) is 19.3. The van der Waals surface area contributed by atoms with Crippen molar-refractivity contribution in [3.8, 4) is 0 Å². The second kappa shape index (κ2) is 10.6. The molecule has 0 spiro atoms. The number of urea groups is 1. The normalized spacial score (nSPS) is 13.9. The van der Waals surface area contributed by atoms with E-state index in [1.165, 1.54) is 0 Å². The average molecular weight is 484 g/mol. The Labute approximate surface area is 202 Å². The van der Waals surface area contributed by atoms with Crippen LogP contribution in [0.3, 0.4) is 0 Å². The topological polar surface area (TPSA) is 77.6 Å². The second-order valence-corrected chi connectivity index (χ2v) is 8.45. The van der Waals surface area contributed by atoms with Gasteiger partial charge in [-0.15, -0.1) is 0 Å². The van der Waals surface area contributed by atoms with Crippen LogP contribution < -0.4 is 15.5 Å². The van der Waals surface area contributed by atoms with Gasteiger partial charge >= 0.3 is 6.03 Å². The molecule has 170 valence electrons. The smallest absolute Gasteiger partial charge is 0.323 e. The summed E-state index contributed by atoms with van der Waals surface area (Å²) in [5.41, 5.74) is 1.76. The van der Waals surface area contributed by atoms with Gasteiger partial charge in [-0.05, 0) is 48.9 Å². The molecule has 2 heterocycles. The van der Waals surface area contributed by atoms with Crippen molar-refractivity contribution in [1.82, 2.24) is 9.88 Å². The van der Waals surface area contributed by atoms with Gasteiger partial charge in [-0.3, -0.25) is 4.79 Å². The van der Waals surface area contributed by atoms with Crippen molar-refractivity contribution in [2.45, 2.75) is 6.42 Å². The molecule has 1 saturated heterocycles. The van der Waals surface area contributed by atoms with Crippen molar-refractivity contribution in [2.75, 3.05) is 41.7 Å². The minimum absolute atomic E-state index is 0.101. The lowest BCUT2D eigenvalue weighted by atomic mass is 10.2. The summed E-state index contributed by atoms with van der Waals surface area (Å²) in [6, 6.07) is 17.5. The number of anilines is 3. The summed E-state index contributed by atoms with van der Waals surface area (Å²) >= 11 is 12.2. The number of para-hydroxylation sites is 1. The van der Waals surface area contributed by atoms with Crippen LogP contribution in [0.15, 0.2) is 66.9 Å². The first-order chi connectivity index (χ1) is 16.0. The minimum atomic E-state index is -0.333. The van der Waals surface area contributed by atoms with Crippen LogP contribution >= 0.6 is 23.2 Å². The Morgan fingerprint density at radius 1 is 0.848 bits per heavy atom. The van der Waals surface area contributed by atoms with Gasteiger partial charge < -0.3 is 20.4 Å². The molecule has 0 aliphatic carbocycles. The molecule has 0 unspecified atom stereocenters. The van der Waals surface area contributed by atoms with Crippen molar-refractivity contribution >= 4 is 52.3 Å². The van der Waals surface area contributed by atoms with Gasteiger partial charge in [0, 0.05) is 36.9 Å². The molecule has 33 heavy (non-hydrogen) atoms. The van der Waals surface area contributed by atoms with Gasteiger partial charge in [0.1, 0.15) is 5.82 Å². The molecule has 3 aromatic rings. The number of rotatable bonds is 4. The number of carbonyl (C=O) groups is 2. The SMILES string of the molecule is O=C(Nc1ccccc1)Nc1ccc(N2CCCN(C(=O)c3ccc(Cl)cc3Cl)CC2)nc1. The molecule has 2 aromatic carbocycles. The van der Waals surface area contributed by atoms with Crippen LogP contribution in [0.4, 0.5) is 22.0 Å². The molecule has 0 radical (unpaired) electrons. The predicted octanol–water partition coefficient (Wildman–Crippen LogP) is 5.38. The molecule has 0 bridgehead atoms. The number of benzene rings is 2. The Balaban J connectivity index is 1.34. The fourth-order valence-corrected chi connectivity index (χ4v) is 4.13. The van der Waals surface area contributed by atoms with E-state index in [-0.39, 0.29) is 11.9 Å².